The van der Waals surface area contributed by atoms with Crippen molar-refractivity contribution in [3.05, 3.63) is 30.1 Å². The van der Waals surface area contributed by atoms with Gasteiger partial charge in [-0.05, 0) is 43.5 Å². The fourth-order valence-corrected chi connectivity index (χ4v) is 2.10. The van der Waals surface area contributed by atoms with Crippen LogP contribution in [0.4, 0.5) is 0 Å². The molecule has 1 saturated heterocycles. The molecule has 2 rings (SSSR count). The Morgan fingerprint density at radius 2 is 2.11 bits per heavy atom. The van der Waals surface area contributed by atoms with E-state index in [1.165, 1.54) is 0 Å². The van der Waals surface area contributed by atoms with E-state index < -0.39 is 0 Å². The second-order valence-corrected chi connectivity index (χ2v) is 4.99. The van der Waals surface area contributed by atoms with Crippen molar-refractivity contribution < 1.29 is 4.79 Å². The third kappa shape index (κ3) is 5.35. The van der Waals surface area contributed by atoms with E-state index in [-0.39, 0.29) is 36.1 Å². The number of rotatable bonds is 3. The summed E-state index contributed by atoms with van der Waals surface area (Å²) in [7, 11) is 0. The molecule has 2 N–H and O–H groups in total. The van der Waals surface area contributed by atoms with Crippen LogP contribution in [0.3, 0.4) is 0 Å². The lowest BCUT2D eigenvalue weighted by Gasteiger charge is -2.34. The predicted molar refractivity (Wildman–Crippen MR) is 81.3 cm³/mol. The molecule has 0 unspecified atom stereocenters. The fraction of sp³-hybridized carbons (Fsp3) is 0.538. The van der Waals surface area contributed by atoms with Crippen molar-refractivity contribution in [3.63, 3.8) is 0 Å². The first-order chi connectivity index (χ1) is 8.20. The number of amides is 1. The number of piperidine rings is 1. The molecule has 1 fully saturated rings. The van der Waals surface area contributed by atoms with E-state index in [9.17, 15) is 4.79 Å². The Balaban J connectivity index is 0.00000162. The summed E-state index contributed by atoms with van der Waals surface area (Å²) in [6.45, 7) is 5.05. The summed E-state index contributed by atoms with van der Waals surface area (Å²) in [5, 5.41) is 6.34. The third-order valence-corrected chi connectivity index (χ3v) is 3.41. The molecule has 19 heavy (non-hydrogen) atoms. The first-order valence-electron chi connectivity index (χ1n) is 6.09. The van der Waals surface area contributed by atoms with E-state index in [2.05, 4.69) is 22.5 Å². The lowest BCUT2D eigenvalue weighted by Crippen LogP contribution is -2.42. The highest BCUT2D eigenvalue weighted by Gasteiger charge is 2.27. The summed E-state index contributed by atoms with van der Waals surface area (Å²) in [6, 6.07) is 3.56. The summed E-state index contributed by atoms with van der Waals surface area (Å²) in [4.78, 5) is 15.8. The van der Waals surface area contributed by atoms with Gasteiger partial charge in [-0.1, -0.05) is 6.92 Å². The van der Waals surface area contributed by atoms with Crippen molar-refractivity contribution >= 4 is 30.7 Å². The Morgan fingerprint density at radius 3 is 2.68 bits per heavy atom. The summed E-state index contributed by atoms with van der Waals surface area (Å²) in [5.41, 5.74) is 0.855. The topological polar surface area (TPSA) is 54.0 Å². The molecular weight excluding hydrogens is 285 g/mol. The molecule has 1 aliphatic rings. The van der Waals surface area contributed by atoms with Crippen LogP contribution in [0.2, 0.25) is 0 Å². The van der Waals surface area contributed by atoms with Gasteiger partial charge in [0.05, 0.1) is 5.56 Å². The maximum Gasteiger partial charge on any atom is 0.252 e. The molecule has 0 spiro atoms. The zero-order chi connectivity index (χ0) is 12.1. The van der Waals surface area contributed by atoms with Gasteiger partial charge in [0.2, 0.25) is 0 Å². The van der Waals surface area contributed by atoms with Crippen LogP contribution in [0.25, 0.3) is 0 Å². The minimum atomic E-state index is -0.0298. The lowest BCUT2D eigenvalue weighted by atomic mass is 9.81. The van der Waals surface area contributed by atoms with Crippen LogP contribution in [-0.4, -0.2) is 30.5 Å². The first kappa shape index (κ1) is 18.2. The van der Waals surface area contributed by atoms with Crippen LogP contribution in [0.1, 0.15) is 30.1 Å². The summed E-state index contributed by atoms with van der Waals surface area (Å²) < 4.78 is 0. The van der Waals surface area contributed by atoms with Gasteiger partial charge in [-0.2, -0.15) is 0 Å². The fourth-order valence-electron chi connectivity index (χ4n) is 2.10. The molecule has 1 amide bonds. The van der Waals surface area contributed by atoms with Crippen molar-refractivity contribution in [2.45, 2.75) is 19.8 Å². The van der Waals surface area contributed by atoms with Gasteiger partial charge in [-0.3, -0.25) is 9.78 Å². The van der Waals surface area contributed by atoms with Gasteiger partial charge in [-0.15, -0.1) is 24.8 Å². The lowest BCUT2D eigenvalue weighted by molar-refractivity contribution is 0.0922. The Morgan fingerprint density at radius 1 is 1.42 bits per heavy atom. The molecule has 1 aromatic heterocycles. The van der Waals surface area contributed by atoms with Gasteiger partial charge >= 0.3 is 0 Å². The number of pyridine rings is 1. The first-order valence-corrected chi connectivity index (χ1v) is 6.09. The molecule has 0 aromatic carbocycles. The molecule has 1 aromatic rings. The molecular formula is C13H21Cl2N3O. The Hall–Kier alpha value is -0.840. The predicted octanol–water partition coefficient (Wildman–Crippen LogP) is 2.04. The van der Waals surface area contributed by atoms with Crippen LogP contribution in [-0.2, 0) is 0 Å². The summed E-state index contributed by atoms with van der Waals surface area (Å²) in [5.74, 6) is -0.0298. The SMILES string of the molecule is CC1(CNC(=O)c2cccnc2)CCNCC1.Cl.Cl. The van der Waals surface area contributed by atoms with Crippen molar-refractivity contribution in [1.29, 1.82) is 0 Å². The normalized spacial score (nSPS) is 16.7. The van der Waals surface area contributed by atoms with Gasteiger partial charge in [0, 0.05) is 18.9 Å². The van der Waals surface area contributed by atoms with Gasteiger partial charge < -0.3 is 10.6 Å². The number of nitrogens with one attached hydrogen (secondary N) is 2. The summed E-state index contributed by atoms with van der Waals surface area (Å²) in [6.07, 6.45) is 5.49. The molecule has 0 aliphatic carbocycles. The molecule has 0 saturated carbocycles. The van der Waals surface area contributed by atoms with E-state index in [1.807, 2.05) is 0 Å². The van der Waals surface area contributed by atoms with E-state index in [0.717, 1.165) is 32.5 Å². The molecule has 0 bridgehead atoms. The second-order valence-electron chi connectivity index (χ2n) is 4.99. The third-order valence-electron chi connectivity index (χ3n) is 3.41. The van der Waals surface area contributed by atoms with Gasteiger partial charge in [0.25, 0.3) is 5.91 Å². The monoisotopic (exact) mass is 305 g/mol. The van der Waals surface area contributed by atoms with Crippen LogP contribution >= 0.6 is 24.8 Å². The Kier molecular flexibility index (Phi) is 7.99. The number of hydrogen-bond acceptors (Lipinski definition) is 3. The molecule has 108 valence electrons. The Bertz CT molecular complexity index is 381. The number of carbonyl (C=O) groups is 1. The average molecular weight is 306 g/mol. The van der Waals surface area contributed by atoms with Crippen molar-refractivity contribution in [2.24, 2.45) is 5.41 Å². The number of hydrogen-bond donors (Lipinski definition) is 2. The maximum atomic E-state index is 11.9. The minimum Gasteiger partial charge on any atom is -0.351 e. The van der Waals surface area contributed by atoms with Crippen LogP contribution in [0.5, 0.6) is 0 Å². The highest BCUT2D eigenvalue weighted by molar-refractivity contribution is 5.93. The maximum absolute atomic E-state index is 11.9. The van der Waals surface area contributed by atoms with Gasteiger partial charge in [0.15, 0.2) is 0 Å². The van der Waals surface area contributed by atoms with Crippen LogP contribution in [0, 0.1) is 5.41 Å². The number of aromatic nitrogens is 1. The minimum absolute atomic E-state index is 0. The molecule has 1 aliphatic heterocycles. The van der Waals surface area contributed by atoms with Crippen molar-refractivity contribution in [2.75, 3.05) is 19.6 Å². The van der Waals surface area contributed by atoms with E-state index in [0.29, 0.717) is 5.56 Å². The van der Waals surface area contributed by atoms with E-state index in [1.54, 1.807) is 24.5 Å². The van der Waals surface area contributed by atoms with E-state index >= 15 is 0 Å². The number of nitrogens with zero attached hydrogens (tertiary/aromatic N) is 1. The molecule has 0 atom stereocenters. The molecule has 2 heterocycles. The van der Waals surface area contributed by atoms with Gasteiger partial charge in [0.1, 0.15) is 0 Å². The number of halogens is 2. The van der Waals surface area contributed by atoms with E-state index in [4.69, 9.17) is 0 Å². The summed E-state index contributed by atoms with van der Waals surface area (Å²) >= 11 is 0. The Labute approximate surface area is 126 Å². The highest BCUT2D eigenvalue weighted by Crippen LogP contribution is 2.26. The number of carbonyl (C=O) groups excluding carboxylic acids is 1. The van der Waals surface area contributed by atoms with Crippen molar-refractivity contribution in [3.8, 4) is 0 Å². The smallest absolute Gasteiger partial charge is 0.252 e. The highest BCUT2D eigenvalue weighted by atomic mass is 35.5. The van der Waals surface area contributed by atoms with Crippen molar-refractivity contribution in [1.82, 2.24) is 15.6 Å². The molecule has 0 radical (unpaired) electrons. The molecule has 4 nitrogen and oxygen atoms in total. The largest absolute Gasteiger partial charge is 0.351 e. The second kappa shape index (κ2) is 8.35. The molecule has 6 heteroatoms. The quantitative estimate of drug-likeness (QED) is 0.898. The standard InChI is InChI=1S/C13H19N3O.2ClH/c1-13(4-7-14-8-5-13)10-16-12(17)11-3-2-6-15-9-11;;/h2-3,6,9,14H,4-5,7-8,10H2,1H3,(H,16,17);2*1H. The average Bonchev–Trinajstić information content (AvgIpc) is 2.38. The van der Waals surface area contributed by atoms with Crippen LogP contribution < -0.4 is 10.6 Å². The van der Waals surface area contributed by atoms with Crippen LogP contribution in [0.15, 0.2) is 24.5 Å². The van der Waals surface area contributed by atoms with Gasteiger partial charge in [-0.25, -0.2) is 0 Å². The zero-order valence-corrected chi connectivity index (χ0v) is 12.6. The zero-order valence-electron chi connectivity index (χ0n) is 11.0.